The van der Waals surface area contributed by atoms with Gasteiger partial charge in [-0.25, -0.2) is 0 Å². The molecule has 0 N–H and O–H groups in total. The van der Waals surface area contributed by atoms with Gasteiger partial charge in [-0.1, -0.05) is 18.2 Å². The third kappa shape index (κ3) is 4.12. The molecule has 3 heterocycles. The molecule has 0 unspecified atom stereocenters. The minimum absolute atomic E-state index is 0.0364. The predicted octanol–water partition coefficient (Wildman–Crippen LogP) is 3.60. The highest BCUT2D eigenvalue weighted by Gasteiger charge is 2.23. The number of hydrogen-bond donors (Lipinski definition) is 0. The summed E-state index contributed by atoms with van der Waals surface area (Å²) in [4.78, 5) is 29.4. The van der Waals surface area contributed by atoms with E-state index in [1.165, 1.54) is 16.1 Å². The summed E-state index contributed by atoms with van der Waals surface area (Å²) in [5.74, 6) is 0.770. The van der Waals surface area contributed by atoms with Crippen molar-refractivity contribution in [3.63, 3.8) is 0 Å². The van der Waals surface area contributed by atoms with E-state index in [0.29, 0.717) is 31.7 Å². The number of nitrogens with zero attached hydrogens (tertiary/aromatic N) is 5. The lowest BCUT2D eigenvalue weighted by molar-refractivity contribution is 0.0746. The number of hydrogen-bond acceptors (Lipinski definition) is 4. The first-order valence-electron chi connectivity index (χ1n) is 11.5. The van der Waals surface area contributed by atoms with Crippen LogP contribution in [0.1, 0.15) is 21.7 Å². The monoisotopic (exact) mass is 453 g/mol. The van der Waals surface area contributed by atoms with Crippen molar-refractivity contribution in [3.05, 3.63) is 106 Å². The lowest BCUT2D eigenvalue weighted by Gasteiger charge is -2.35. The maximum atomic E-state index is 13.1. The van der Waals surface area contributed by atoms with Gasteiger partial charge in [-0.2, -0.15) is 4.68 Å². The first kappa shape index (κ1) is 21.7. The van der Waals surface area contributed by atoms with E-state index in [1.54, 1.807) is 12.1 Å². The summed E-state index contributed by atoms with van der Waals surface area (Å²) in [5.41, 5.74) is 4.64. The van der Waals surface area contributed by atoms with E-state index in [1.807, 2.05) is 59.5 Å². The lowest BCUT2D eigenvalue weighted by Crippen LogP contribution is -2.49. The number of carbonyl (C=O) groups is 1. The second-order valence-corrected chi connectivity index (χ2v) is 8.55. The van der Waals surface area contributed by atoms with Gasteiger partial charge in [-0.05, 0) is 68.4 Å². The van der Waals surface area contributed by atoms with Crippen LogP contribution in [0.3, 0.4) is 0 Å². The number of anilines is 1. The molecule has 2 aromatic carbocycles. The third-order valence-corrected chi connectivity index (χ3v) is 6.32. The standard InChI is InChI=1S/C27H27N5O2/c1-20-8-9-21(2)31(20)23-12-10-22(11-13-23)27(34)30-18-16-29(17-19-30)25-14-15-26(33)32(28-25)24-6-4-3-5-7-24/h3-15H,16-19H2,1-2H3. The zero-order chi connectivity index (χ0) is 23.7. The van der Waals surface area contributed by atoms with E-state index in [-0.39, 0.29) is 11.5 Å². The number of amides is 1. The molecule has 0 bridgehead atoms. The van der Waals surface area contributed by atoms with Crippen molar-refractivity contribution < 1.29 is 4.79 Å². The minimum atomic E-state index is -0.169. The number of aryl methyl sites for hydroxylation is 2. The Kier molecular flexibility index (Phi) is 5.76. The Hall–Kier alpha value is -4.13. The van der Waals surface area contributed by atoms with Crippen molar-refractivity contribution in [2.24, 2.45) is 0 Å². The third-order valence-electron chi connectivity index (χ3n) is 6.32. The maximum absolute atomic E-state index is 13.1. The summed E-state index contributed by atoms with van der Waals surface area (Å²) >= 11 is 0. The molecule has 0 radical (unpaired) electrons. The summed E-state index contributed by atoms with van der Waals surface area (Å²) in [6.45, 7) is 6.67. The number of carbonyl (C=O) groups excluding carboxylic acids is 1. The smallest absolute Gasteiger partial charge is 0.271 e. The zero-order valence-electron chi connectivity index (χ0n) is 19.4. The van der Waals surface area contributed by atoms with Gasteiger partial charge >= 0.3 is 0 Å². The molecular formula is C27H27N5O2. The molecule has 1 fully saturated rings. The summed E-state index contributed by atoms with van der Waals surface area (Å²) in [7, 11) is 0. The van der Waals surface area contributed by atoms with Crippen LogP contribution in [0.4, 0.5) is 5.82 Å². The van der Waals surface area contributed by atoms with Crippen LogP contribution in [0.15, 0.2) is 83.7 Å². The van der Waals surface area contributed by atoms with Crippen LogP contribution in [0.5, 0.6) is 0 Å². The molecule has 172 valence electrons. The Balaban J connectivity index is 1.27. The molecule has 1 aliphatic heterocycles. The molecule has 0 saturated carbocycles. The van der Waals surface area contributed by atoms with Crippen LogP contribution in [-0.2, 0) is 0 Å². The molecule has 0 spiro atoms. The van der Waals surface area contributed by atoms with Crippen LogP contribution in [0.25, 0.3) is 11.4 Å². The van der Waals surface area contributed by atoms with Crippen molar-refractivity contribution >= 4 is 11.7 Å². The average molecular weight is 454 g/mol. The van der Waals surface area contributed by atoms with E-state index in [4.69, 9.17) is 0 Å². The molecule has 2 aromatic heterocycles. The Morgan fingerprint density at radius 2 is 1.38 bits per heavy atom. The fourth-order valence-corrected chi connectivity index (χ4v) is 4.47. The highest BCUT2D eigenvalue weighted by atomic mass is 16.2. The second-order valence-electron chi connectivity index (χ2n) is 8.55. The van der Waals surface area contributed by atoms with Crippen molar-refractivity contribution in [1.82, 2.24) is 19.2 Å². The summed E-state index contributed by atoms with van der Waals surface area (Å²) < 4.78 is 3.59. The lowest BCUT2D eigenvalue weighted by atomic mass is 10.1. The predicted molar refractivity (Wildman–Crippen MR) is 133 cm³/mol. The SMILES string of the molecule is Cc1ccc(C)n1-c1ccc(C(=O)N2CCN(c3ccc(=O)n(-c4ccccc4)n3)CC2)cc1. The van der Waals surface area contributed by atoms with E-state index in [0.717, 1.165) is 17.2 Å². The van der Waals surface area contributed by atoms with Gasteiger partial charge in [-0.15, -0.1) is 5.10 Å². The highest BCUT2D eigenvalue weighted by molar-refractivity contribution is 5.94. The molecule has 7 nitrogen and oxygen atoms in total. The van der Waals surface area contributed by atoms with Gasteiger partial charge < -0.3 is 14.4 Å². The Morgan fingerprint density at radius 1 is 0.735 bits per heavy atom. The molecule has 1 amide bonds. The zero-order valence-corrected chi connectivity index (χ0v) is 19.4. The van der Waals surface area contributed by atoms with Crippen LogP contribution < -0.4 is 10.5 Å². The normalized spacial score (nSPS) is 13.8. The fourth-order valence-electron chi connectivity index (χ4n) is 4.47. The van der Waals surface area contributed by atoms with Crippen molar-refractivity contribution in [2.75, 3.05) is 31.1 Å². The Bertz CT molecular complexity index is 1340. The molecule has 4 aromatic rings. The fraction of sp³-hybridized carbons (Fsp3) is 0.222. The van der Waals surface area contributed by atoms with Gasteiger partial charge in [0, 0.05) is 54.9 Å². The van der Waals surface area contributed by atoms with Gasteiger partial charge in [-0.3, -0.25) is 9.59 Å². The van der Waals surface area contributed by atoms with Gasteiger partial charge in [0.1, 0.15) is 5.82 Å². The van der Waals surface area contributed by atoms with E-state index >= 15 is 0 Å². The Labute approximate surface area is 198 Å². The molecule has 7 heteroatoms. The number of rotatable bonds is 4. The van der Waals surface area contributed by atoms with Crippen LogP contribution in [0, 0.1) is 13.8 Å². The molecule has 34 heavy (non-hydrogen) atoms. The summed E-state index contributed by atoms with van der Waals surface area (Å²) in [6.07, 6.45) is 0. The Morgan fingerprint density at radius 3 is 2.03 bits per heavy atom. The quantitative estimate of drug-likeness (QED) is 0.474. The second kappa shape index (κ2) is 9.02. The molecule has 1 saturated heterocycles. The van der Waals surface area contributed by atoms with E-state index in [2.05, 4.69) is 40.5 Å². The first-order chi connectivity index (χ1) is 16.5. The number of benzene rings is 2. The number of aromatic nitrogens is 3. The van der Waals surface area contributed by atoms with Crippen LogP contribution >= 0.6 is 0 Å². The topological polar surface area (TPSA) is 63.4 Å². The summed E-state index contributed by atoms with van der Waals surface area (Å²) in [6, 6.07) is 24.7. The van der Waals surface area contributed by atoms with Crippen molar-refractivity contribution in [1.29, 1.82) is 0 Å². The first-order valence-corrected chi connectivity index (χ1v) is 11.5. The number of piperazine rings is 1. The van der Waals surface area contributed by atoms with E-state index in [9.17, 15) is 9.59 Å². The van der Waals surface area contributed by atoms with Crippen molar-refractivity contribution in [2.45, 2.75) is 13.8 Å². The van der Waals surface area contributed by atoms with Gasteiger partial charge in [0.05, 0.1) is 5.69 Å². The molecular weight excluding hydrogens is 426 g/mol. The molecule has 1 aliphatic rings. The van der Waals surface area contributed by atoms with Gasteiger partial charge in [0.15, 0.2) is 0 Å². The van der Waals surface area contributed by atoms with E-state index < -0.39 is 0 Å². The van der Waals surface area contributed by atoms with Crippen LogP contribution in [-0.4, -0.2) is 51.3 Å². The van der Waals surface area contributed by atoms with Gasteiger partial charge in [0.25, 0.3) is 11.5 Å². The summed E-state index contributed by atoms with van der Waals surface area (Å²) in [5, 5.41) is 4.57. The molecule has 0 atom stereocenters. The van der Waals surface area contributed by atoms with Crippen LogP contribution in [0.2, 0.25) is 0 Å². The molecule has 5 rings (SSSR count). The highest BCUT2D eigenvalue weighted by Crippen LogP contribution is 2.19. The average Bonchev–Trinajstić information content (AvgIpc) is 3.22. The maximum Gasteiger partial charge on any atom is 0.271 e. The molecule has 0 aliphatic carbocycles. The number of para-hydroxylation sites is 1. The largest absolute Gasteiger partial charge is 0.352 e. The van der Waals surface area contributed by atoms with Gasteiger partial charge in [0.2, 0.25) is 0 Å². The van der Waals surface area contributed by atoms with Crippen molar-refractivity contribution in [3.8, 4) is 11.4 Å². The minimum Gasteiger partial charge on any atom is -0.352 e.